The van der Waals surface area contributed by atoms with Crippen LogP contribution in [0.5, 0.6) is 0 Å². The first-order valence-corrected chi connectivity index (χ1v) is 8.22. The van der Waals surface area contributed by atoms with E-state index in [-0.39, 0.29) is 17.5 Å². The van der Waals surface area contributed by atoms with Crippen molar-refractivity contribution in [1.82, 2.24) is 10.2 Å². The van der Waals surface area contributed by atoms with Gasteiger partial charge in [-0.05, 0) is 25.3 Å². The number of benzene rings is 1. The molecular weight excluding hydrogens is 318 g/mol. The van der Waals surface area contributed by atoms with Gasteiger partial charge in [-0.3, -0.25) is 4.79 Å². The summed E-state index contributed by atoms with van der Waals surface area (Å²) in [6, 6.07) is 10.4. The number of nitrogens with zero attached hydrogens (tertiary/aromatic N) is 2. The molecule has 1 rings (SSSR count). The van der Waals surface area contributed by atoms with Crippen molar-refractivity contribution in [2.45, 2.75) is 46.3 Å². The number of hydrogen-bond donors (Lipinski definition) is 2. The molecule has 0 spiro atoms. The fourth-order valence-electron chi connectivity index (χ4n) is 2.29. The first-order chi connectivity index (χ1) is 11.8. The second-order valence-electron chi connectivity index (χ2n) is 6.41. The summed E-state index contributed by atoms with van der Waals surface area (Å²) in [6.07, 6.45) is 1.21. The molecule has 134 valence electrons. The standard InChI is InChI=1S/C19H25N3O3/c1-13(2)17(19(24)25)21-11-16(10-20)18(23)22(14(3)4)12-15-8-6-5-7-9-15/h5-9,11,13-14,17,21H,12H2,1-4H3,(H,24,25)/b16-11-. The Morgan fingerprint density at radius 3 is 2.28 bits per heavy atom. The molecule has 1 aromatic rings. The maximum Gasteiger partial charge on any atom is 0.326 e. The SMILES string of the molecule is CC(C)C(N/C=C(/C#N)C(=O)N(Cc1ccccc1)C(C)C)C(=O)O. The highest BCUT2D eigenvalue weighted by atomic mass is 16.4. The molecule has 0 radical (unpaired) electrons. The maximum atomic E-state index is 12.7. The third-order valence-electron chi connectivity index (χ3n) is 3.77. The van der Waals surface area contributed by atoms with Gasteiger partial charge in [0.1, 0.15) is 17.7 Å². The lowest BCUT2D eigenvalue weighted by atomic mass is 10.0. The van der Waals surface area contributed by atoms with Crippen LogP contribution in [0, 0.1) is 17.2 Å². The van der Waals surface area contributed by atoms with Gasteiger partial charge >= 0.3 is 5.97 Å². The third kappa shape index (κ3) is 5.96. The molecule has 0 saturated heterocycles. The summed E-state index contributed by atoms with van der Waals surface area (Å²) >= 11 is 0. The predicted octanol–water partition coefficient (Wildman–Crippen LogP) is 2.53. The number of carboxylic acids is 1. The van der Waals surface area contributed by atoms with E-state index < -0.39 is 17.9 Å². The molecule has 0 bridgehead atoms. The average molecular weight is 343 g/mol. The van der Waals surface area contributed by atoms with Crippen molar-refractivity contribution >= 4 is 11.9 Å². The molecule has 1 atom stereocenters. The lowest BCUT2D eigenvalue weighted by Gasteiger charge is -2.27. The quantitative estimate of drug-likeness (QED) is 0.559. The fourth-order valence-corrected chi connectivity index (χ4v) is 2.29. The summed E-state index contributed by atoms with van der Waals surface area (Å²) in [4.78, 5) is 25.5. The van der Waals surface area contributed by atoms with Gasteiger partial charge in [-0.15, -0.1) is 0 Å². The van der Waals surface area contributed by atoms with Crippen LogP contribution in [-0.2, 0) is 16.1 Å². The van der Waals surface area contributed by atoms with E-state index in [0.717, 1.165) is 5.56 Å². The van der Waals surface area contributed by atoms with Crippen molar-refractivity contribution in [2.75, 3.05) is 0 Å². The lowest BCUT2D eigenvalue weighted by Crippen LogP contribution is -2.40. The van der Waals surface area contributed by atoms with Crippen molar-refractivity contribution in [3.8, 4) is 6.07 Å². The van der Waals surface area contributed by atoms with Gasteiger partial charge in [-0.25, -0.2) is 4.79 Å². The summed E-state index contributed by atoms with van der Waals surface area (Å²) in [5.74, 6) is -1.64. The van der Waals surface area contributed by atoms with Gasteiger partial charge in [0.15, 0.2) is 0 Å². The normalized spacial score (nSPS) is 12.6. The zero-order valence-electron chi connectivity index (χ0n) is 15.1. The zero-order valence-corrected chi connectivity index (χ0v) is 15.1. The molecule has 1 aromatic carbocycles. The number of aliphatic carboxylic acids is 1. The molecule has 0 aliphatic rings. The molecule has 1 unspecified atom stereocenters. The van der Waals surface area contributed by atoms with Gasteiger partial charge in [0.05, 0.1) is 0 Å². The highest BCUT2D eigenvalue weighted by molar-refractivity contribution is 5.97. The number of carbonyl (C=O) groups excluding carboxylic acids is 1. The summed E-state index contributed by atoms with van der Waals surface area (Å²) in [6.45, 7) is 7.63. The summed E-state index contributed by atoms with van der Waals surface area (Å²) in [7, 11) is 0. The van der Waals surface area contributed by atoms with E-state index in [1.807, 2.05) is 50.2 Å². The minimum absolute atomic E-state index is 0.107. The Morgan fingerprint density at radius 2 is 1.84 bits per heavy atom. The highest BCUT2D eigenvalue weighted by Crippen LogP contribution is 2.12. The average Bonchev–Trinajstić information content (AvgIpc) is 2.56. The van der Waals surface area contributed by atoms with Gasteiger partial charge in [-0.1, -0.05) is 44.2 Å². The minimum atomic E-state index is -1.03. The molecule has 6 heteroatoms. The molecule has 6 nitrogen and oxygen atoms in total. The van der Waals surface area contributed by atoms with Crippen LogP contribution in [0.2, 0.25) is 0 Å². The first-order valence-electron chi connectivity index (χ1n) is 8.22. The molecule has 0 heterocycles. The van der Waals surface area contributed by atoms with Gasteiger partial charge < -0.3 is 15.3 Å². The Labute approximate surface area is 148 Å². The van der Waals surface area contributed by atoms with E-state index in [2.05, 4.69) is 5.32 Å². The summed E-state index contributed by atoms with van der Waals surface area (Å²) in [5.41, 5.74) is 0.844. The van der Waals surface area contributed by atoms with Crippen LogP contribution in [0.1, 0.15) is 33.3 Å². The monoisotopic (exact) mass is 343 g/mol. The van der Waals surface area contributed by atoms with Gasteiger partial charge in [0.25, 0.3) is 5.91 Å². The first kappa shape index (κ1) is 20.2. The second kappa shape index (κ2) is 9.48. The van der Waals surface area contributed by atoms with Gasteiger partial charge in [0.2, 0.25) is 0 Å². The smallest absolute Gasteiger partial charge is 0.326 e. The highest BCUT2D eigenvalue weighted by Gasteiger charge is 2.24. The number of hydrogen-bond acceptors (Lipinski definition) is 4. The molecule has 0 aromatic heterocycles. The van der Waals surface area contributed by atoms with Crippen LogP contribution in [0.3, 0.4) is 0 Å². The molecule has 0 fully saturated rings. The van der Waals surface area contributed by atoms with Crippen LogP contribution >= 0.6 is 0 Å². The molecule has 2 N–H and O–H groups in total. The molecular formula is C19H25N3O3. The van der Waals surface area contributed by atoms with Crippen LogP contribution in [0.25, 0.3) is 0 Å². The Hall–Kier alpha value is -2.81. The minimum Gasteiger partial charge on any atom is -0.480 e. The molecule has 0 aliphatic heterocycles. The fraction of sp³-hybridized carbons (Fsp3) is 0.421. The number of nitrogens with one attached hydrogen (secondary N) is 1. The van der Waals surface area contributed by atoms with Crippen LogP contribution in [0.4, 0.5) is 0 Å². The number of rotatable bonds is 8. The predicted molar refractivity (Wildman–Crippen MR) is 95.2 cm³/mol. The Kier molecular flexibility index (Phi) is 7.67. The van der Waals surface area contributed by atoms with Crippen LogP contribution in [-0.4, -0.2) is 34.0 Å². The van der Waals surface area contributed by atoms with E-state index in [0.29, 0.717) is 6.54 Å². The Balaban J connectivity index is 2.98. The second-order valence-corrected chi connectivity index (χ2v) is 6.41. The van der Waals surface area contributed by atoms with Crippen LogP contribution in [0.15, 0.2) is 42.1 Å². The van der Waals surface area contributed by atoms with E-state index in [1.165, 1.54) is 6.20 Å². The van der Waals surface area contributed by atoms with Crippen molar-refractivity contribution in [3.05, 3.63) is 47.7 Å². The topological polar surface area (TPSA) is 93.4 Å². The lowest BCUT2D eigenvalue weighted by molar-refractivity contribution is -0.140. The third-order valence-corrected chi connectivity index (χ3v) is 3.77. The largest absolute Gasteiger partial charge is 0.480 e. The van der Waals surface area contributed by atoms with E-state index in [1.54, 1.807) is 18.7 Å². The van der Waals surface area contributed by atoms with Gasteiger partial charge in [0, 0.05) is 18.8 Å². The van der Waals surface area contributed by atoms with Crippen molar-refractivity contribution in [1.29, 1.82) is 5.26 Å². The van der Waals surface area contributed by atoms with Crippen LogP contribution < -0.4 is 5.32 Å². The summed E-state index contributed by atoms with van der Waals surface area (Å²) < 4.78 is 0. The van der Waals surface area contributed by atoms with Crippen molar-refractivity contribution in [3.63, 3.8) is 0 Å². The molecule has 1 amide bonds. The number of nitriles is 1. The van der Waals surface area contributed by atoms with Gasteiger partial charge in [-0.2, -0.15) is 5.26 Å². The molecule has 0 aliphatic carbocycles. The maximum absolute atomic E-state index is 12.7. The molecule has 25 heavy (non-hydrogen) atoms. The van der Waals surface area contributed by atoms with E-state index >= 15 is 0 Å². The number of carboxylic acid groups (broad SMARTS) is 1. The van der Waals surface area contributed by atoms with E-state index in [4.69, 9.17) is 0 Å². The number of amides is 1. The zero-order chi connectivity index (χ0) is 19.0. The Morgan fingerprint density at radius 1 is 1.24 bits per heavy atom. The Bertz CT molecular complexity index is 660. The van der Waals surface area contributed by atoms with Crippen molar-refractivity contribution < 1.29 is 14.7 Å². The summed E-state index contributed by atoms with van der Waals surface area (Å²) in [5, 5.41) is 21.2. The van der Waals surface area contributed by atoms with E-state index in [9.17, 15) is 20.0 Å². The van der Waals surface area contributed by atoms with Crippen molar-refractivity contribution in [2.24, 2.45) is 5.92 Å². The molecule has 0 saturated carbocycles. The number of carbonyl (C=O) groups is 2.